The van der Waals surface area contributed by atoms with Crippen LogP contribution in [-0.2, 0) is 9.13 Å². The Kier molecular flexibility index (Phi) is 13.8. The topological polar surface area (TPSA) is 34.1 Å². The number of benzene rings is 18. The predicted octanol–water partition coefficient (Wildman–Crippen LogP) is 22.5. The minimum absolute atomic E-state index is 0.779. The third-order valence-electron chi connectivity index (χ3n) is 20.0. The third kappa shape index (κ3) is 9.32. The second-order valence-corrected chi connectivity index (χ2v) is 30.7. The molecule has 0 fully saturated rings. The fourth-order valence-electron chi connectivity index (χ4n) is 15.4. The van der Waals surface area contributed by atoms with Crippen molar-refractivity contribution in [2.24, 2.45) is 0 Å². The number of hydrogen-bond acceptors (Lipinski definition) is 2. The molecule has 450 valence electrons. The van der Waals surface area contributed by atoms with E-state index in [-0.39, 0.29) is 0 Å². The van der Waals surface area contributed by atoms with Crippen molar-refractivity contribution in [1.29, 1.82) is 0 Å². The molecule has 0 saturated carbocycles. The van der Waals surface area contributed by atoms with Crippen LogP contribution in [-0.4, -0.2) is 0 Å². The van der Waals surface area contributed by atoms with Gasteiger partial charge in [-0.15, -0.1) is 0 Å². The van der Waals surface area contributed by atoms with E-state index in [1.807, 2.05) is 72.8 Å². The Morgan fingerprint density at radius 2 is 0.417 bits per heavy atom. The lowest BCUT2D eigenvalue weighted by molar-refractivity contribution is 0.591. The Bertz CT molecular complexity index is 6060. The molecule has 2 nitrogen and oxygen atoms in total. The maximum atomic E-state index is 16.5. The van der Waals surface area contributed by atoms with Crippen LogP contribution >= 0.6 is 14.3 Å². The molecule has 0 heterocycles. The van der Waals surface area contributed by atoms with E-state index in [0.29, 0.717) is 0 Å². The Hall–Kier alpha value is -11.5. The maximum Gasteiger partial charge on any atom is 0.171 e. The van der Waals surface area contributed by atoms with Gasteiger partial charge in [0.2, 0.25) is 0 Å². The van der Waals surface area contributed by atoms with E-state index in [4.69, 9.17) is 0 Å². The fourth-order valence-corrected chi connectivity index (χ4v) is 20.6. The summed E-state index contributed by atoms with van der Waals surface area (Å²) in [6, 6.07) is 129. The van der Waals surface area contributed by atoms with Gasteiger partial charge in [-0.3, -0.25) is 0 Å². The molecule has 0 aliphatic carbocycles. The second-order valence-electron chi connectivity index (χ2n) is 25.2. The van der Waals surface area contributed by atoms with Gasteiger partial charge in [0.1, 0.15) is 0 Å². The van der Waals surface area contributed by atoms with Crippen molar-refractivity contribution in [3.8, 4) is 55.6 Å². The molecule has 0 aliphatic heterocycles. The summed E-state index contributed by atoms with van der Waals surface area (Å²) in [5.74, 6) is 0. The van der Waals surface area contributed by atoms with Crippen molar-refractivity contribution in [3.63, 3.8) is 0 Å². The monoisotopic (exact) mass is 1260 g/mol. The zero-order chi connectivity index (χ0) is 63.9. The molecule has 4 heteroatoms. The van der Waals surface area contributed by atoms with Crippen LogP contribution in [0.25, 0.3) is 142 Å². The quantitative estimate of drug-likeness (QED) is 0.0735. The van der Waals surface area contributed by atoms with Crippen LogP contribution in [0.3, 0.4) is 0 Å². The van der Waals surface area contributed by atoms with E-state index >= 15 is 9.13 Å². The first-order valence-electron chi connectivity index (χ1n) is 32.8. The molecule has 18 rings (SSSR count). The van der Waals surface area contributed by atoms with Gasteiger partial charge in [0.15, 0.2) is 14.3 Å². The number of fused-ring (bicyclic) bond motifs is 12. The Labute approximate surface area is 557 Å². The third-order valence-corrected chi connectivity index (χ3v) is 26.2. The summed E-state index contributed by atoms with van der Waals surface area (Å²) >= 11 is 0. The van der Waals surface area contributed by atoms with Gasteiger partial charge >= 0.3 is 0 Å². The molecular weight excluding hydrogens is 1200 g/mol. The zero-order valence-electron chi connectivity index (χ0n) is 52.4. The summed E-state index contributed by atoms with van der Waals surface area (Å²) in [4.78, 5) is 0. The highest BCUT2D eigenvalue weighted by Crippen LogP contribution is 2.50. The lowest BCUT2D eigenvalue weighted by atomic mass is 9.85. The lowest BCUT2D eigenvalue weighted by Gasteiger charge is -2.22. The van der Waals surface area contributed by atoms with Crippen molar-refractivity contribution >= 4 is 132 Å². The van der Waals surface area contributed by atoms with E-state index in [1.165, 1.54) is 70.0 Å². The van der Waals surface area contributed by atoms with Crippen LogP contribution < -0.4 is 31.8 Å². The summed E-state index contributed by atoms with van der Waals surface area (Å²) in [6.07, 6.45) is 0. The molecule has 0 radical (unpaired) electrons. The van der Waals surface area contributed by atoms with E-state index < -0.39 is 14.3 Å². The molecule has 0 bridgehead atoms. The molecule has 0 N–H and O–H groups in total. The molecule has 0 spiro atoms. The molecule has 0 saturated heterocycles. The van der Waals surface area contributed by atoms with Gasteiger partial charge in [-0.05, 0) is 154 Å². The fraction of sp³-hybridized carbons (Fsp3) is 0. The van der Waals surface area contributed by atoms with E-state index in [0.717, 1.165) is 104 Å². The average molecular weight is 1260 g/mol. The van der Waals surface area contributed by atoms with Gasteiger partial charge in [0.25, 0.3) is 0 Å². The summed E-state index contributed by atoms with van der Waals surface area (Å²) in [6.45, 7) is 0. The molecule has 0 unspecified atom stereocenters. The highest BCUT2D eigenvalue weighted by Gasteiger charge is 2.32. The first kappa shape index (κ1) is 57.2. The van der Waals surface area contributed by atoms with Gasteiger partial charge in [0.05, 0.1) is 0 Å². The van der Waals surface area contributed by atoms with E-state index in [1.54, 1.807) is 0 Å². The summed E-state index contributed by atoms with van der Waals surface area (Å²) in [5, 5.41) is 23.6. The summed E-state index contributed by atoms with van der Waals surface area (Å²) in [7, 11) is -6.61. The van der Waals surface area contributed by atoms with Crippen molar-refractivity contribution in [3.05, 3.63) is 364 Å². The average Bonchev–Trinajstić information content (AvgIpc) is 0.728. The lowest BCUT2D eigenvalue weighted by Crippen LogP contribution is -2.25. The minimum Gasteiger partial charge on any atom is -0.309 e. The van der Waals surface area contributed by atoms with Gasteiger partial charge in [-0.1, -0.05) is 352 Å². The number of hydrogen-bond donors (Lipinski definition) is 0. The minimum atomic E-state index is -3.41. The normalized spacial score (nSPS) is 12.0. The summed E-state index contributed by atoms with van der Waals surface area (Å²) in [5.41, 5.74) is 11.1. The van der Waals surface area contributed by atoms with Gasteiger partial charge in [0, 0.05) is 31.8 Å². The van der Waals surface area contributed by atoms with Crippen LogP contribution in [0.2, 0.25) is 0 Å². The maximum absolute atomic E-state index is 16.5. The van der Waals surface area contributed by atoms with Crippen molar-refractivity contribution in [2.75, 3.05) is 0 Å². The first-order chi connectivity index (χ1) is 47.4. The first-order valence-corrected chi connectivity index (χ1v) is 36.2. The van der Waals surface area contributed by atoms with Gasteiger partial charge < -0.3 is 9.13 Å². The second kappa shape index (κ2) is 23.2. The van der Waals surface area contributed by atoms with Crippen LogP contribution in [0.1, 0.15) is 0 Å². The predicted molar refractivity (Wildman–Crippen MR) is 412 cm³/mol. The standard InChI is InChI=1S/C92H60O2P2/c93-95(69-25-9-3-10-26-69,70-27-11-4-12-28-70)73-49-39-67(40-50-73)91-83-53-43-65-23-13-15-29-75(65)87(83)59-89-79-33-17-31-77(81(79)55-57-85(89)91)78-32-18-34-80-82(78)56-58-86-90(80)60-88-76-30-16-14-24-66(76)44-54-84(88)92(86)68-41-51-74(52-42-68)96(94,71-45-35-63(36-46-71)61-19-5-1-6-20-61)72-47-37-64(38-48-72)62-21-7-2-8-22-62/h1-60H. The number of rotatable bonds is 11. The van der Waals surface area contributed by atoms with E-state index in [2.05, 4.69) is 291 Å². The molecule has 0 amide bonds. The van der Waals surface area contributed by atoms with Crippen LogP contribution in [0, 0.1) is 0 Å². The highest BCUT2D eigenvalue weighted by atomic mass is 31.2. The van der Waals surface area contributed by atoms with Crippen LogP contribution in [0.4, 0.5) is 0 Å². The Morgan fingerprint density at radius 3 is 0.781 bits per heavy atom. The molecule has 18 aromatic rings. The molecule has 96 heavy (non-hydrogen) atoms. The van der Waals surface area contributed by atoms with Crippen molar-refractivity contribution < 1.29 is 9.13 Å². The van der Waals surface area contributed by atoms with Gasteiger partial charge in [-0.25, -0.2) is 0 Å². The molecule has 18 aromatic carbocycles. The van der Waals surface area contributed by atoms with Crippen LogP contribution in [0.15, 0.2) is 364 Å². The molecule has 0 atom stereocenters. The molecular formula is C92H60O2P2. The Morgan fingerprint density at radius 1 is 0.156 bits per heavy atom. The van der Waals surface area contributed by atoms with Crippen molar-refractivity contribution in [1.82, 2.24) is 0 Å². The van der Waals surface area contributed by atoms with Crippen LogP contribution in [0.5, 0.6) is 0 Å². The summed E-state index contributed by atoms with van der Waals surface area (Å²) < 4.78 is 32.1. The highest BCUT2D eigenvalue weighted by molar-refractivity contribution is 7.85. The molecule has 0 aliphatic rings. The largest absolute Gasteiger partial charge is 0.309 e. The molecule has 0 aromatic heterocycles. The SMILES string of the molecule is O=P(c1ccccc1)(c1ccccc1)c1ccc(-c2c3ccc4ccccc4c3cc3c2ccc2c(-c4cccc5c4ccc4c(-c6ccc(P(=O)(c7ccc(-c8ccccc8)cc7)c7ccc(-c8ccccc8)cc7)cc6)c6ccc7ccccc7c6cc45)cccc23)cc1. The van der Waals surface area contributed by atoms with Gasteiger partial charge in [-0.2, -0.15) is 0 Å². The zero-order valence-corrected chi connectivity index (χ0v) is 54.1. The van der Waals surface area contributed by atoms with E-state index in [9.17, 15) is 0 Å². The van der Waals surface area contributed by atoms with Crippen molar-refractivity contribution in [2.45, 2.75) is 0 Å². The Balaban J connectivity index is 0.791. The smallest absolute Gasteiger partial charge is 0.171 e.